The van der Waals surface area contributed by atoms with Gasteiger partial charge in [0.15, 0.2) is 0 Å². The summed E-state index contributed by atoms with van der Waals surface area (Å²) >= 11 is 1.31. The molecule has 104 valence electrons. The Morgan fingerprint density at radius 1 is 1.35 bits per heavy atom. The predicted molar refractivity (Wildman–Crippen MR) is 78.8 cm³/mol. The Labute approximate surface area is 120 Å². The molecule has 0 spiro atoms. The van der Waals surface area contributed by atoms with Gasteiger partial charge in [-0.3, -0.25) is 4.79 Å². The van der Waals surface area contributed by atoms with Crippen molar-refractivity contribution in [2.75, 3.05) is 13.4 Å². The highest BCUT2D eigenvalue weighted by atomic mass is 32.2. The molecule has 0 saturated heterocycles. The van der Waals surface area contributed by atoms with Gasteiger partial charge in [0.1, 0.15) is 11.4 Å². The Kier molecular flexibility index (Phi) is 4.52. The monoisotopic (exact) mass is 290 g/mol. The molecule has 1 aromatic heterocycles. The van der Waals surface area contributed by atoms with Crippen LogP contribution < -0.4 is 10.3 Å². The van der Waals surface area contributed by atoms with E-state index < -0.39 is 0 Å². The van der Waals surface area contributed by atoms with E-state index in [0.717, 1.165) is 5.56 Å². The summed E-state index contributed by atoms with van der Waals surface area (Å²) in [7, 11) is 1.59. The minimum atomic E-state index is -0.282. The first-order valence-corrected chi connectivity index (χ1v) is 7.07. The third-order valence-corrected chi connectivity index (χ3v) is 3.22. The minimum Gasteiger partial charge on any atom is -0.496 e. The van der Waals surface area contributed by atoms with Gasteiger partial charge in [-0.25, -0.2) is 0 Å². The van der Waals surface area contributed by atoms with E-state index >= 15 is 0 Å². The van der Waals surface area contributed by atoms with E-state index in [-0.39, 0.29) is 5.56 Å². The molecule has 7 heteroatoms. The van der Waals surface area contributed by atoms with Crippen molar-refractivity contribution in [3.8, 4) is 5.75 Å². The zero-order valence-electron chi connectivity index (χ0n) is 11.4. The summed E-state index contributed by atoms with van der Waals surface area (Å²) in [4.78, 5) is 12.0. The average Bonchev–Trinajstić information content (AvgIpc) is 2.49. The second kappa shape index (κ2) is 6.33. The Balaban J connectivity index is 2.46. The number of ether oxygens (including phenoxy) is 1. The molecule has 1 heterocycles. The SMILES string of the molecule is COc1ccccc1C=Nn1c(SC)nnc(C)c1=O. The van der Waals surface area contributed by atoms with E-state index in [1.54, 1.807) is 20.2 Å². The van der Waals surface area contributed by atoms with E-state index in [0.29, 0.717) is 16.6 Å². The zero-order valence-corrected chi connectivity index (χ0v) is 12.2. The van der Waals surface area contributed by atoms with Gasteiger partial charge in [0.2, 0.25) is 5.16 Å². The van der Waals surface area contributed by atoms with E-state index in [1.165, 1.54) is 16.4 Å². The summed E-state index contributed by atoms with van der Waals surface area (Å²) < 4.78 is 6.47. The van der Waals surface area contributed by atoms with E-state index in [9.17, 15) is 4.79 Å². The van der Waals surface area contributed by atoms with Crippen LogP contribution in [0.1, 0.15) is 11.3 Å². The molecule has 0 amide bonds. The zero-order chi connectivity index (χ0) is 14.5. The molecule has 0 atom stereocenters. The second-order valence-corrected chi connectivity index (χ2v) is 4.65. The lowest BCUT2D eigenvalue weighted by molar-refractivity contribution is 0.414. The van der Waals surface area contributed by atoms with Crippen LogP contribution in [-0.4, -0.2) is 34.5 Å². The highest BCUT2D eigenvalue weighted by Gasteiger charge is 2.07. The lowest BCUT2D eigenvalue weighted by atomic mass is 10.2. The first-order valence-electron chi connectivity index (χ1n) is 5.85. The maximum Gasteiger partial charge on any atom is 0.296 e. The maximum atomic E-state index is 12.0. The van der Waals surface area contributed by atoms with Crippen LogP contribution in [0.4, 0.5) is 0 Å². The normalized spacial score (nSPS) is 10.9. The Hall–Kier alpha value is -2.15. The van der Waals surface area contributed by atoms with Crippen LogP contribution in [0.25, 0.3) is 0 Å². The first-order chi connectivity index (χ1) is 9.67. The summed E-state index contributed by atoms with van der Waals surface area (Å²) in [5.74, 6) is 0.689. The molecule has 1 aromatic carbocycles. The number of rotatable bonds is 4. The van der Waals surface area contributed by atoms with Crippen LogP contribution >= 0.6 is 11.8 Å². The fraction of sp³-hybridized carbons (Fsp3) is 0.231. The molecular formula is C13H14N4O2S. The number of nitrogens with zero attached hydrogens (tertiary/aromatic N) is 4. The number of benzene rings is 1. The summed E-state index contributed by atoms with van der Waals surface area (Å²) in [6.45, 7) is 1.61. The standard InChI is InChI=1S/C13H14N4O2S/c1-9-12(18)17(13(20-3)16-15-9)14-8-10-6-4-5-7-11(10)19-2/h4-8H,1-3H3. The molecule has 2 rings (SSSR count). The number of aryl methyl sites for hydroxylation is 1. The quantitative estimate of drug-likeness (QED) is 0.631. The molecule has 2 aromatic rings. The van der Waals surface area contributed by atoms with Crippen LogP contribution in [0.15, 0.2) is 39.3 Å². The van der Waals surface area contributed by atoms with Crippen LogP contribution in [-0.2, 0) is 0 Å². The number of methoxy groups -OCH3 is 1. The van der Waals surface area contributed by atoms with Crippen LogP contribution in [0.5, 0.6) is 5.75 Å². The average molecular weight is 290 g/mol. The molecular weight excluding hydrogens is 276 g/mol. The smallest absolute Gasteiger partial charge is 0.296 e. The highest BCUT2D eigenvalue weighted by molar-refractivity contribution is 7.98. The fourth-order valence-corrected chi connectivity index (χ4v) is 1.99. The molecule has 0 N–H and O–H groups in total. The summed E-state index contributed by atoms with van der Waals surface area (Å²) in [6, 6.07) is 7.43. The van der Waals surface area contributed by atoms with Crippen LogP contribution in [0.2, 0.25) is 0 Å². The molecule has 0 fully saturated rings. The molecule has 20 heavy (non-hydrogen) atoms. The third kappa shape index (κ3) is 2.88. The molecule has 0 radical (unpaired) electrons. The molecule has 0 aliphatic rings. The second-order valence-electron chi connectivity index (χ2n) is 3.88. The van der Waals surface area contributed by atoms with Crippen molar-refractivity contribution in [2.24, 2.45) is 5.10 Å². The van der Waals surface area contributed by atoms with E-state index in [4.69, 9.17) is 4.74 Å². The molecule has 0 aliphatic carbocycles. The Morgan fingerprint density at radius 2 is 2.10 bits per heavy atom. The van der Waals surface area contributed by atoms with Crippen LogP contribution in [0.3, 0.4) is 0 Å². The van der Waals surface area contributed by atoms with Crippen molar-refractivity contribution in [3.05, 3.63) is 45.9 Å². The fourth-order valence-electron chi connectivity index (χ4n) is 1.57. The van der Waals surface area contributed by atoms with Crippen molar-refractivity contribution in [1.82, 2.24) is 14.9 Å². The number of thioether (sulfide) groups is 1. The van der Waals surface area contributed by atoms with Gasteiger partial charge in [0.25, 0.3) is 5.56 Å². The molecule has 0 aliphatic heterocycles. The predicted octanol–water partition coefficient (Wildman–Crippen LogP) is 1.56. The van der Waals surface area contributed by atoms with Gasteiger partial charge in [-0.2, -0.15) is 9.78 Å². The minimum absolute atomic E-state index is 0.282. The molecule has 0 bridgehead atoms. The number of hydrogen-bond donors (Lipinski definition) is 0. The van der Waals surface area contributed by atoms with Gasteiger partial charge in [-0.05, 0) is 25.3 Å². The third-order valence-electron chi connectivity index (χ3n) is 2.60. The first kappa shape index (κ1) is 14.3. The molecule has 0 saturated carbocycles. The van der Waals surface area contributed by atoms with Gasteiger partial charge in [0.05, 0.1) is 13.3 Å². The largest absolute Gasteiger partial charge is 0.496 e. The van der Waals surface area contributed by atoms with Gasteiger partial charge in [-0.15, -0.1) is 10.2 Å². The topological polar surface area (TPSA) is 69.4 Å². The summed E-state index contributed by atoms with van der Waals surface area (Å²) in [5.41, 5.74) is 0.805. The summed E-state index contributed by atoms with van der Waals surface area (Å²) in [6.07, 6.45) is 3.38. The van der Waals surface area contributed by atoms with Crippen molar-refractivity contribution in [3.63, 3.8) is 0 Å². The van der Waals surface area contributed by atoms with Gasteiger partial charge >= 0.3 is 0 Å². The highest BCUT2D eigenvalue weighted by Crippen LogP contribution is 2.15. The van der Waals surface area contributed by atoms with Gasteiger partial charge in [0, 0.05) is 5.56 Å². The van der Waals surface area contributed by atoms with Gasteiger partial charge in [-0.1, -0.05) is 23.9 Å². The lowest BCUT2D eigenvalue weighted by Gasteiger charge is -2.05. The van der Waals surface area contributed by atoms with Crippen molar-refractivity contribution in [1.29, 1.82) is 0 Å². The van der Waals surface area contributed by atoms with Gasteiger partial charge < -0.3 is 4.74 Å². The summed E-state index contributed by atoms with van der Waals surface area (Å²) in [5, 5.41) is 12.4. The van der Waals surface area contributed by atoms with Crippen LogP contribution in [0, 0.1) is 6.92 Å². The van der Waals surface area contributed by atoms with Crippen molar-refractivity contribution < 1.29 is 4.74 Å². The lowest BCUT2D eigenvalue weighted by Crippen LogP contribution is -2.23. The molecule has 0 unspecified atom stereocenters. The molecule has 6 nitrogen and oxygen atoms in total. The van der Waals surface area contributed by atoms with Crippen molar-refractivity contribution in [2.45, 2.75) is 12.1 Å². The number of aromatic nitrogens is 3. The Morgan fingerprint density at radius 3 is 2.80 bits per heavy atom. The number of para-hydroxylation sites is 1. The maximum absolute atomic E-state index is 12.0. The number of hydrogen-bond acceptors (Lipinski definition) is 6. The van der Waals surface area contributed by atoms with Crippen molar-refractivity contribution >= 4 is 18.0 Å². The van der Waals surface area contributed by atoms with E-state index in [2.05, 4.69) is 15.3 Å². The Bertz CT molecular complexity index is 697. The van der Waals surface area contributed by atoms with E-state index in [1.807, 2.05) is 30.5 Å².